The number of fused-ring (bicyclic) bond motifs is 1. The van der Waals surface area contributed by atoms with Gasteiger partial charge in [0.05, 0.1) is 42.4 Å². The minimum Gasteiger partial charge on any atom is -0.487 e. The highest BCUT2D eigenvalue weighted by Gasteiger charge is 2.45. The Morgan fingerprint density at radius 1 is 1.22 bits per heavy atom. The molecule has 5 rings (SSSR count). The van der Waals surface area contributed by atoms with E-state index in [0.717, 1.165) is 15.9 Å². The number of carbonyl (C=O) groups excluding carboxylic acids is 1. The van der Waals surface area contributed by atoms with Gasteiger partial charge in [0.1, 0.15) is 12.4 Å². The summed E-state index contributed by atoms with van der Waals surface area (Å²) in [7, 11) is 0. The quantitative estimate of drug-likeness (QED) is 0.151. The van der Waals surface area contributed by atoms with Gasteiger partial charge in [0, 0.05) is 10.6 Å². The first-order valence-electron chi connectivity index (χ1n) is 13.1. The maximum absolute atomic E-state index is 14.3. The molecule has 4 aromatic rings. The molecule has 0 fully saturated rings. The molecule has 0 spiro atoms. The van der Waals surface area contributed by atoms with Gasteiger partial charge in [0.25, 0.3) is 5.56 Å². The molecular weight excluding hydrogens is 810 g/mol. The minimum atomic E-state index is -5.01. The topological polar surface area (TPSA) is 93.7 Å². The molecule has 0 saturated heterocycles. The van der Waals surface area contributed by atoms with E-state index in [-0.39, 0.29) is 28.1 Å². The molecule has 14 heteroatoms. The van der Waals surface area contributed by atoms with E-state index in [1.807, 2.05) is 6.07 Å². The summed E-state index contributed by atoms with van der Waals surface area (Å²) < 4.78 is 56.4. The number of thiazole rings is 1. The summed E-state index contributed by atoms with van der Waals surface area (Å²) in [5.41, 5.74) is -0.862. The van der Waals surface area contributed by atoms with Crippen molar-refractivity contribution in [3.63, 3.8) is 0 Å². The number of nitrogens with zero attached hydrogens (tertiary/aromatic N) is 3. The van der Waals surface area contributed by atoms with Gasteiger partial charge in [-0.25, -0.2) is 9.79 Å². The molecule has 0 aliphatic carbocycles. The van der Waals surface area contributed by atoms with Crippen LogP contribution in [0.4, 0.5) is 13.2 Å². The first-order chi connectivity index (χ1) is 21.4. The maximum atomic E-state index is 14.3. The number of aromatic nitrogens is 1. The lowest BCUT2D eigenvalue weighted by atomic mass is 9.95. The number of esters is 1. The second kappa shape index (κ2) is 13.5. The van der Waals surface area contributed by atoms with Gasteiger partial charge in [-0.15, -0.1) is 0 Å². The normalized spacial score (nSPS) is 14.9. The fourth-order valence-electron chi connectivity index (χ4n) is 4.66. The highest BCUT2D eigenvalue weighted by Crippen LogP contribution is 2.39. The molecule has 0 unspecified atom stereocenters. The van der Waals surface area contributed by atoms with Crippen molar-refractivity contribution in [1.82, 2.24) is 4.57 Å². The number of hydrogen-bond donors (Lipinski definition) is 0. The largest absolute Gasteiger partial charge is 0.487 e. The molecule has 0 amide bonds. The zero-order valence-electron chi connectivity index (χ0n) is 23.0. The van der Waals surface area contributed by atoms with Crippen molar-refractivity contribution < 1.29 is 27.4 Å². The Bertz CT molecular complexity index is 2050. The monoisotopic (exact) mass is 827 g/mol. The molecule has 230 valence electrons. The SMILES string of the molecule is CCOC(=O)C1=C(C(F)(F)F)N=c2s/c(=C\c3cc(Br)c(OCc4ccccc4C#N)c(I)c3)c(=O)n2[C@H]1c1ccc(Cl)cc1. The number of carbonyl (C=O) groups is 1. The van der Waals surface area contributed by atoms with E-state index in [1.54, 1.807) is 30.3 Å². The summed E-state index contributed by atoms with van der Waals surface area (Å²) in [6, 6.07) is 17.0. The van der Waals surface area contributed by atoms with Crippen molar-refractivity contribution in [1.29, 1.82) is 5.26 Å². The van der Waals surface area contributed by atoms with Crippen LogP contribution in [0.3, 0.4) is 0 Å². The Morgan fingerprint density at radius 2 is 1.93 bits per heavy atom. The average Bonchev–Trinajstić information content (AvgIpc) is 3.30. The molecule has 1 aliphatic rings. The fraction of sp³-hybridized carbons (Fsp3) is 0.161. The van der Waals surface area contributed by atoms with Gasteiger partial charge in [-0.05, 0) is 93.0 Å². The first-order valence-corrected chi connectivity index (χ1v) is 16.1. The number of allylic oxidation sites excluding steroid dienone is 1. The Balaban J connectivity index is 1.62. The maximum Gasteiger partial charge on any atom is 0.434 e. The Labute approximate surface area is 285 Å². The van der Waals surface area contributed by atoms with Crippen LogP contribution < -0.4 is 19.6 Å². The minimum absolute atomic E-state index is 0.0960. The molecule has 0 N–H and O–H groups in total. The lowest BCUT2D eigenvalue weighted by molar-refractivity contribution is -0.140. The standard InChI is InChI=1S/C31H19BrClF3IN3O4S/c1-2-43-29(42)24-25(17-7-9-20(33)10-8-17)40-28(41)23(45-30(40)39-27(24)31(34,35)36)13-16-11-21(32)26(22(37)12-16)44-15-19-6-4-3-5-18(19)14-38/h3-13,25H,2,15H2,1H3/b23-13-/t25-/m0/s1. The molecule has 3 aromatic carbocycles. The van der Waals surface area contributed by atoms with E-state index in [2.05, 4.69) is 49.6 Å². The molecule has 0 bridgehead atoms. The van der Waals surface area contributed by atoms with Gasteiger partial charge in [-0.1, -0.05) is 53.3 Å². The van der Waals surface area contributed by atoms with Gasteiger partial charge in [-0.3, -0.25) is 9.36 Å². The zero-order valence-corrected chi connectivity index (χ0v) is 28.3. The van der Waals surface area contributed by atoms with E-state index in [0.29, 0.717) is 35.5 Å². The van der Waals surface area contributed by atoms with Crippen LogP contribution in [0, 0.1) is 14.9 Å². The Morgan fingerprint density at radius 3 is 2.58 bits per heavy atom. The molecule has 1 aliphatic heterocycles. The Hall–Kier alpha value is -3.45. The summed E-state index contributed by atoms with van der Waals surface area (Å²) in [5, 5.41) is 9.68. The van der Waals surface area contributed by atoms with Crippen LogP contribution >= 0.6 is 61.5 Å². The molecule has 1 atom stereocenters. The summed E-state index contributed by atoms with van der Waals surface area (Å²) in [6.07, 6.45) is -3.47. The van der Waals surface area contributed by atoms with Gasteiger partial charge in [0.2, 0.25) is 0 Å². The van der Waals surface area contributed by atoms with Crippen LogP contribution in [0.15, 0.2) is 86.2 Å². The van der Waals surface area contributed by atoms with Crippen LogP contribution in [-0.2, 0) is 16.1 Å². The number of halogens is 6. The molecule has 0 saturated carbocycles. The van der Waals surface area contributed by atoms with E-state index in [4.69, 9.17) is 21.1 Å². The molecule has 45 heavy (non-hydrogen) atoms. The van der Waals surface area contributed by atoms with Crippen molar-refractivity contribution in [2.24, 2.45) is 4.99 Å². The molecule has 2 heterocycles. The van der Waals surface area contributed by atoms with Crippen molar-refractivity contribution in [3.05, 3.63) is 127 Å². The van der Waals surface area contributed by atoms with Crippen molar-refractivity contribution in [3.8, 4) is 11.8 Å². The predicted octanol–water partition coefficient (Wildman–Crippen LogP) is 6.81. The van der Waals surface area contributed by atoms with Crippen LogP contribution in [0.5, 0.6) is 5.75 Å². The first kappa shape index (κ1) is 32.9. The molecule has 7 nitrogen and oxygen atoms in total. The fourth-order valence-corrected chi connectivity index (χ4v) is 7.55. The van der Waals surface area contributed by atoms with E-state index < -0.39 is 35.0 Å². The number of alkyl halides is 3. The van der Waals surface area contributed by atoms with Crippen molar-refractivity contribution >= 4 is 73.5 Å². The van der Waals surface area contributed by atoms with Crippen LogP contribution in [0.1, 0.15) is 35.2 Å². The number of hydrogen-bond acceptors (Lipinski definition) is 7. The molecular formula is C31H19BrClF3IN3O4S. The number of rotatable bonds is 7. The van der Waals surface area contributed by atoms with Gasteiger partial charge in [0.15, 0.2) is 10.5 Å². The predicted molar refractivity (Wildman–Crippen MR) is 175 cm³/mol. The second-order valence-corrected chi connectivity index (χ2v) is 12.9. The Kier molecular flexibility index (Phi) is 9.88. The average molecular weight is 829 g/mol. The number of ether oxygens (including phenoxy) is 2. The lowest BCUT2D eigenvalue weighted by Gasteiger charge is -2.26. The molecule has 1 aromatic heterocycles. The summed E-state index contributed by atoms with van der Waals surface area (Å²) in [5.74, 6) is -0.715. The summed E-state index contributed by atoms with van der Waals surface area (Å²) in [6.45, 7) is 1.44. The third kappa shape index (κ3) is 6.89. The second-order valence-electron chi connectivity index (χ2n) is 9.49. The van der Waals surface area contributed by atoms with Gasteiger partial charge >= 0.3 is 12.1 Å². The third-order valence-corrected chi connectivity index (χ3v) is 9.23. The summed E-state index contributed by atoms with van der Waals surface area (Å²) in [4.78, 5) is 30.4. The van der Waals surface area contributed by atoms with Crippen molar-refractivity contribution in [2.45, 2.75) is 25.7 Å². The third-order valence-electron chi connectivity index (χ3n) is 6.61. The van der Waals surface area contributed by atoms with Gasteiger partial charge < -0.3 is 9.47 Å². The molecule has 0 radical (unpaired) electrons. The number of nitriles is 1. The summed E-state index contributed by atoms with van der Waals surface area (Å²) >= 11 is 12.4. The van der Waals surface area contributed by atoms with E-state index >= 15 is 0 Å². The number of benzene rings is 3. The smallest absolute Gasteiger partial charge is 0.434 e. The lowest BCUT2D eigenvalue weighted by Crippen LogP contribution is -2.41. The van der Waals surface area contributed by atoms with Crippen LogP contribution in [0.25, 0.3) is 6.08 Å². The van der Waals surface area contributed by atoms with Crippen LogP contribution in [-0.4, -0.2) is 23.3 Å². The van der Waals surface area contributed by atoms with E-state index in [9.17, 15) is 28.0 Å². The van der Waals surface area contributed by atoms with E-state index in [1.165, 1.54) is 37.3 Å². The highest BCUT2D eigenvalue weighted by molar-refractivity contribution is 14.1. The van der Waals surface area contributed by atoms with Crippen LogP contribution in [0.2, 0.25) is 5.02 Å². The van der Waals surface area contributed by atoms with Gasteiger partial charge in [-0.2, -0.15) is 18.4 Å². The highest BCUT2D eigenvalue weighted by atomic mass is 127. The van der Waals surface area contributed by atoms with Crippen molar-refractivity contribution in [2.75, 3.05) is 6.61 Å². The zero-order chi connectivity index (χ0) is 32.5.